The molecule has 4 heterocycles. The van der Waals surface area contributed by atoms with Crippen LogP contribution in [0.3, 0.4) is 0 Å². The molecule has 3 atom stereocenters. The molecule has 1 saturated heterocycles. The van der Waals surface area contributed by atoms with Crippen LogP contribution in [0.5, 0.6) is 5.75 Å². The Labute approximate surface area is 267 Å². The van der Waals surface area contributed by atoms with Crippen LogP contribution in [0.4, 0.5) is 0 Å². The molecule has 2 aromatic carbocycles. The van der Waals surface area contributed by atoms with Crippen LogP contribution in [0.25, 0.3) is 44.8 Å². The molecule has 3 aliphatic rings. The molecule has 3 aromatic heterocycles. The summed E-state index contributed by atoms with van der Waals surface area (Å²) >= 11 is 0. The summed E-state index contributed by atoms with van der Waals surface area (Å²) in [4.78, 5) is 37.9. The van der Waals surface area contributed by atoms with E-state index in [1.807, 2.05) is 42.3 Å². The van der Waals surface area contributed by atoms with E-state index in [0.29, 0.717) is 40.8 Å². The normalized spacial score (nSPS) is 20.7. The molecule has 0 radical (unpaired) electrons. The number of imidazole rings is 1. The van der Waals surface area contributed by atoms with Crippen LogP contribution in [0.1, 0.15) is 58.9 Å². The van der Waals surface area contributed by atoms with Crippen molar-refractivity contribution in [2.75, 3.05) is 13.7 Å². The zero-order valence-corrected chi connectivity index (χ0v) is 26.5. The summed E-state index contributed by atoms with van der Waals surface area (Å²) in [6.07, 6.45) is 5.19. The largest absolute Gasteiger partial charge is 0.494 e. The highest BCUT2D eigenvalue weighted by molar-refractivity contribution is 6.00. The highest BCUT2D eigenvalue weighted by atomic mass is 16.5. The molecule has 2 bridgehead atoms. The van der Waals surface area contributed by atoms with Gasteiger partial charge in [0, 0.05) is 54.3 Å². The van der Waals surface area contributed by atoms with Gasteiger partial charge in [-0.3, -0.25) is 9.59 Å². The van der Waals surface area contributed by atoms with Gasteiger partial charge in [-0.15, -0.1) is 0 Å². The van der Waals surface area contributed by atoms with Gasteiger partial charge in [0.15, 0.2) is 5.82 Å². The Morgan fingerprint density at radius 3 is 2.50 bits per heavy atom. The van der Waals surface area contributed by atoms with Crippen LogP contribution in [0.2, 0.25) is 0 Å². The average molecular weight is 618 g/mol. The van der Waals surface area contributed by atoms with Crippen LogP contribution in [0.15, 0.2) is 48.5 Å². The van der Waals surface area contributed by atoms with Crippen molar-refractivity contribution in [2.45, 2.75) is 57.7 Å². The molecular weight excluding hydrogens is 578 g/mol. The molecule has 2 saturated carbocycles. The fourth-order valence-corrected chi connectivity index (χ4v) is 7.76. The first kappa shape index (κ1) is 28.8. The number of hydrogen-bond acceptors (Lipinski definition) is 6. The Morgan fingerprint density at radius 1 is 1.00 bits per heavy atom. The molecule has 236 valence electrons. The van der Waals surface area contributed by atoms with Crippen molar-refractivity contribution < 1.29 is 14.3 Å². The molecule has 5 aromatic rings. The summed E-state index contributed by atoms with van der Waals surface area (Å²) in [7, 11) is 3.64. The average Bonchev–Trinajstić information content (AvgIpc) is 3.47. The minimum absolute atomic E-state index is 0.00932. The number of pyridine rings is 1. The summed E-state index contributed by atoms with van der Waals surface area (Å²) in [5, 5.41) is 1.03. The number of rotatable bonds is 8. The maximum atomic E-state index is 13.7. The molecule has 2 amide bonds. The number of nitrogens with two attached hydrogens (primary N) is 2. The van der Waals surface area contributed by atoms with Crippen LogP contribution in [-0.4, -0.2) is 61.6 Å². The zero-order chi connectivity index (χ0) is 31.9. The number of hydrogen-bond donors (Lipinski definition) is 2. The van der Waals surface area contributed by atoms with E-state index in [9.17, 15) is 9.59 Å². The predicted molar refractivity (Wildman–Crippen MR) is 178 cm³/mol. The fourth-order valence-electron chi connectivity index (χ4n) is 7.76. The van der Waals surface area contributed by atoms with Crippen molar-refractivity contribution in [3.8, 4) is 28.5 Å². The van der Waals surface area contributed by atoms with E-state index in [0.717, 1.165) is 70.7 Å². The second-order valence-electron chi connectivity index (χ2n) is 13.3. The minimum atomic E-state index is -0.435. The maximum absolute atomic E-state index is 13.7. The molecular formula is C36H39N7O3. The summed E-state index contributed by atoms with van der Waals surface area (Å²) in [6, 6.07) is 15.8. The van der Waals surface area contributed by atoms with Crippen molar-refractivity contribution in [3.63, 3.8) is 0 Å². The highest BCUT2D eigenvalue weighted by Crippen LogP contribution is 2.40. The molecule has 2 aliphatic carbocycles. The van der Waals surface area contributed by atoms with Gasteiger partial charge in [-0.2, -0.15) is 0 Å². The highest BCUT2D eigenvalue weighted by Gasteiger charge is 2.47. The Kier molecular flexibility index (Phi) is 6.68. The van der Waals surface area contributed by atoms with Gasteiger partial charge < -0.3 is 30.2 Å². The molecule has 3 fully saturated rings. The van der Waals surface area contributed by atoms with Crippen molar-refractivity contribution >= 4 is 33.9 Å². The lowest BCUT2D eigenvalue weighted by atomic mass is 9.98. The quantitative estimate of drug-likeness (QED) is 0.254. The summed E-state index contributed by atoms with van der Waals surface area (Å²) < 4.78 is 10.2. The second-order valence-corrected chi connectivity index (χ2v) is 13.3. The maximum Gasteiger partial charge on any atom is 0.254 e. The SMILES string of the molecule is CCc1cc(C(N)=O)ccc1-c1ccc2cc(-c3nc4cc(C(=O)N5CC6CCC5[C@@H]6N)cc(OC)c4n3C)n(CC3CC3)c2n1. The number of benzene rings is 2. The van der Waals surface area contributed by atoms with Gasteiger partial charge in [0.25, 0.3) is 5.91 Å². The molecule has 10 heteroatoms. The van der Waals surface area contributed by atoms with Crippen molar-refractivity contribution in [1.82, 2.24) is 24.0 Å². The molecule has 1 aliphatic heterocycles. The lowest BCUT2D eigenvalue weighted by Crippen LogP contribution is -2.41. The van der Waals surface area contributed by atoms with E-state index in [-0.39, 0.29) is 18.0 Å². The summed E-state index contributed by atoms with van der Waals surface area (Å²) in [5.41, 5.74) is 19.4. The van der Waals surface area contributed by atoms with Crippen LogP contribution in [-0.2, 0) is 20.0 Å². The van der Waals surface area contributed by atoms with E-state index in [4.69, 9.17) is 26.2 Å². The van der Waals surface area contributed by atoms with Crippen molar-refractivity contribution in [1.29, 1.82) is 0 Å². The fraction of sp³-hybridized carbons (Fsp3) is 0.389. The third-order valence-electron chi connectivity index (χ3n) is 10.5. The van der Waals surface area contributed by atoms with Gasteiger partial charge >= 0.3 is 0 Å². The Morgan fingerprint density at radius 2 is 1.83 bits per heavy atom. The van der Waals surface area contributed by atoms with Gasteiger partial charge in [-0.25, -0.2) is 9.97 Å². The number of aromatic nitrogens is 4. The first-order valence-electron chi connectivity index (χ1n) is 16.3. The smallest absolute Gasteiger partial charge is 0.254 e. The van der Waals surface area contributed by atoms with E-state index in [1.54, 1.807) is 13.2 Å². The van der Waals surface area contributed by atoms with Gasteiger partial charge in [-0.1, -0.05) is 13.0 Å². The molecule has 46 heavy (non-hydrogen) atoms. The van der Waals surface area contributed by atoms with Crippen LogP contribution < -0.4 is 16.2 Å². The number of piperidine rings is 1. The van der Waals surface area contributed by atoms with Gasteiger partial charge in [-0.05, 0) is 92.0 Å². The van der Waals surface area contributed by atoms with E-state index >= 15 is 0 Å². The number of aryl methyl sites for hydroxylation is 2. The first-order chi connectivity index (χ1) is 22.2. The van der Waals surface area contributed by atoms with E-state index in [2.05, 4.69) is 28.2 Å². The Hall–Kier alpha value is -4.70. The number of methoxy groups -OCH3 is 1. The van der Waals surface area contributed by atoms with E-state index < -0.39 is 5.91 Å². The zero-order valence-electron chi connectivity index (χ0n) is 26.5. The Bertz CT molecular complexity index is 2060. The lowest BCUT2D eigenvalue weighted by molar-refractivity contribution is 0.0700. The summed E-state index contributed by atoms with van der Waals surface area (Å²) in [5.74, 6) is 1.94. The predicted octanol–water partition coefficient (Wildman–Crippen LogP) is 4.90. The standard InChI is InChI=1S/C36H39N7O3/c1-4-20-13-21(33(38)44)7-10-25(20)26-11-8-22-15-29(42(34(22)39-26)17-19-5-6-19)35-40-27-14-24(16-30(46-3)32(27)41(35)2)36(45)43-18-23-9-12-28(43)31(23)37/h7-8,10-11,13-16,19,23,28,31H,4-6,9,12,17-18,37H2,1-3H3,(H2,38,44)/t23?,28?,31-/m1/s1. The third kappa shape index (κ3) is 4.49. The van der Waals surface area contributed by atoms with Gasteiger partial charge in [0.1, 0.15) is 16.9 Å². The molecule has 8 rings (SSSR count). The van der Waals surface area contributed by atoms with Gasteiger partial charge in [0.2, 0.25) is 5.91 Å². The molecule has 2 unspecified atom stereocenters. The molecule has 4 N–H and O–H groups in total. The van der Waals surface area contributed by atoms with E-state index in [1.165, 1.54) is 12.8 Å². The van der Waals surface area contributed by atoms with Crippen LogP contribution in [0, 0.1) is 11.8 Å². The van der Waals surface area contributed by atoms with Gasteiger partial charge in [0.05, 0.1) is 24.0 Å². The number of ether oxygens (including phenoxy) is 1. The number of amides is 2. The van der Waals surface area contributed by atoms with Crippen molar-refractivity contribution in [3.05, 3.63) is 65.2 Å². The third-order valence-corrected chi connectivity index (χ3v) is 10.5. The van der Waals surface area contributed by atoms with Crippen molar-refractivity contribution in [2.24, 2.45) is 30.4 Å². The topological polar surface area (TPSA) is 134 Å². The molecule has 10 nitrogen and oxygen atoms in total. The number of likely N-dealkylation sites (tertiary alicyclic amines) is 1. The van der Waals surface area contributed by atoms with Crippen LogP contribution >= 0.6 is 0 Å². The number of carbonyl (C=O) groups excluding carboxylic acids is 2. The molecule has 0 spiro atoms. The number of fused-ring (bicyclic) bond motifs is 4. The monoisotopic (exact) mass is 617 g/mol. The second kappa shape index (κ2) is 10.7. The summed E-state index contributed by atoms with van der Waals surface area (Å²) in [6.45, 7) is 3.63. The Balaban J connectivity index is 1.24. The number of nitrogens with zero attached hydrogens (tertiary/aromatic N) is 5. The lowest BCUT2D eigenvalue weighted by Gasteiger charge is -2.27. The number of primary amides is 1. The first-order valence-corrected chi connectivity index (χ1v) is 16.3. The minimum Gasteiger partial charge on any atom is -0.494 e. The number of carbonyl (C=O) groups is 2.